The predicted octanol–water partition coefficient (Wildman–Crippen LogP) is 1.28. The van der Waals surface area contributed by atoms with Crippen molar-refractivity contribution >= 4 is 16.0 Å². The van der Waals surface area contributed by atoms with Crippen LogP contribution < -0.4 is 4.72 Å². The first-order valence-corrected chi connectivity index (χ1v) is 9.65. The van der Waals surface area contributed by atoms with Gasteiger partial charge in [0, 0.05) is 18.6 Å². The van der Waals surface area contributed by atoms with Crippen molar-refractivity contribution in [3.05, 3.63) is 0 Å². The molecule has 0 heterocycles. The van der Waals surface area contributed by atoms with Gasteiger partial charge in [0.25, 0.3) is 0 Å². The Labute approximate surface area is 133 Å². The van der Waals surface area contributed by atoms with Crippen LogP contribution in [0.2, 0.25) is 0 Å². The summed E-state index contributed by atoms with van der Waals surface area (Å²) in [5, 5.41) is 9.01. The lowest BCUT2D eigenvalue weighted by atomic mass is 9.86. The molecule has 0 aromatic rings. The van der Waals surface area contributed by atoms with Crippen molar-refractivity contribution in [3.8, 4) is 0 Å². The molecular formula is C15H28N2O4S. The van der Waals surface area contributed by atoms with E-state index < -0.39 is 16.0 Å². The predicted molar refractivity (Wildman–Crippen MR) is 85.1 cm³/mol. The summed E-state index contributed by atoms with van der Waals surface area (Å²) in [6, 6.07) is 0.145. The quantitative estimate of drug-likeness (QED) is 0.699. The second kappa shape index (κ2) is 6.45. The summed E-state index contributed by atoms with van der Waals surface area (Å²) in [5.41, 5.74) is -0.268. The molecule has 128 valence electrons. The molecule has 0 amide bonds. The Morgan fingerprint density at radius 3 is 2.32 bits per heavy atom. The lowest BCUT2D eigenvalue weighted by Gasteiger charge is -2.42. The zero-order chi connectivity index (χ0) is 16.5. The Hall–Kier alpha value is -0.660. The third-order valence-corrected chi connectivity index (χ3v) is 6.07. The molecule has 0 aromatic carbocycles. The second-order valence-electron chi connectivity index (χ2n) is 8.03. The van der Waals surface area contributed by atoms with Gasteiger partial charge < -0.3 is 5.11 Å². The monoisotopic (exact) mass is 332 g/mol. The highest BCUT2D eigenvalue weighted by Crippen LogP contribution is 2.34. The fourth-order valence-corrected chi connectivity index (χ4v) is 4.92. The fourth-order valence-electron chi connectivity index (χ4n) is 3.00. The van der Waals surface area contributed by atoms with Crippen molar-refractivity contribution in [2.45, 2.75) is 58.5 Å². The van der Waals surface area contributed by atoms with E-state index in [1.54, 1.807) is 0 Å². The SMILES string of the molecule is CC(C)(C)CS(=O)(=O)NC1CC(N(CC(=O)O)CC2CC2)C1. The first kappa shape index (κ1) is 17.7. The lowest BCUT2D eigenvalue weighted by molar-refractivity contribution is -0.139. The number of carbonyl (C=O) groups is 1. The number of carboxylic acids is 1. The minimum atomic E-state index is -3.27. The van der Waals surface area contributed by atoms with Crippen LogP contribution in [-0.2, 0) is 14.8 Å². The normalized spacial score (nSPS) is 26.0. The van der Waals surface area contributed by atoms with E-state index in [0.29, 0.717) is 18.8 Å². The van der Waals surface area contributed by atoms with E-state index in [9.17, 15) is 13.2 Å². The summed E-state index contributed by atoms with van der Waals surface area (Å²) < 4.78 is 26.9. The number of carboxylic acid groups (broad SMARTS) is 1. The van der Waals surface area contributed by atoms with Crippen molar-refractivity contribution in [1.82, 2.24) is 9.62 Å². The summed E-state index contributed by atoms with van der Waals surface area (Å²) in [6.45, 7) is 6.60. The Kier molecular flexibility index (Phi) is 5.19. The van der Waals surface area contributed by atoms with E-state index in [0.717, 1.165) is 6.54 Å². The van der Waals surface area contributed by atoms with Crippen LogP contribution in [0.4, 0.5) is 0 Å². The zero-order valence-corrected chi connectivity index (χ0v) is 14.5. The van der Waals surface area contributed by atoms with Gasteiger partial charge in [-0.25, -0.2) is 13.1 Å². The summed E-state index contributed by atoms with van der Waals surface area (Å²) in [5.74, 6) is -0.0596. The minimum Gasteiger partial charge on any atom is -0.480 e. The van der Waals surface area contributed by atoms with E-state index in [1.165, 1.54) is 12.8 Å². The van der Waals surface area contributed by atoms with Crippen LogP contribution >= 0.6 is 0 Å². The summed E-state index contributed by atoms with van der Waals surface area (Å²) in [7, 11) is -3.27. The molecule has 0 aromatic heterocycles. The van der Waals surface area contributed by atoms with Gasteiger partial charge in [0.2, 0.25) is 10.0 Å². The highest BCUT2D eigenvalue weighted by Gasteiger charge is 2.39. The molecule has 2 aliphatic carbocycles. The third kappa shape index (κ3) is 5.85. The molecule has 2 fully saturated rings. The summed E-state index contributed by atoms with van der Waals surface area (Å²) in [4.78, 5) is 13.0. The molecule has 22 heavy (non-hydrogen) atoms. The van der Waals surface area contributed by atoms with Gasteiger partial charge >= 0.3 is 5.97 Å². The topological polar surface area (TPSA) is 86.7 Å². The molecule has 2 N–H and O–H groups in total. The highest BCUT2D eigenvalue weighted by molar-refractivity contribution is 7.89. The molecule has 0 radical (unpaired) electrons. The molecule has 0 bridgehead atoms. The molecule has 2 saturated carbocycles. The van der Waals surface area contributed by atoms with Crippen molar-refractivity contribution < 1.29 is 18.3 Å². The summed E-state index contributed by atoms with van der Waals surface area (Å²) in [6.07, 6.45) is 3.79. The van der Waals surface area contributed by atoms with Crippen LogP contribution in [0.3, 0.4) is 0 Å². The van der Waals surface area contributed by atoms with Crippen LogP contribution in [0.1, 0.15) is 46.5 Å². The molecular weight excluding hydrogens is 304 g/mol. The second-order valence-corrected chi connectivity index (χ2v) is 9.78. The van der Waals surface area contributed by atoms with Gasteiger partial charge in [-0.15, -0.1) is 0 Å². The maximum Gasteiger partial charge on any atom is 0.317 e. The molecule has 2 aliphatic rings. The first-order chi connectivity index (χ1) is 10.0. The van der Waals surface area contributed by atoms with Crippen LogP contribution in [-0.4, -0.2) is 55.3 Å². The molecule has 6 nitrogen and oxygen atoms in total. The molecule has 0 atom stereocenters. The maximum absolute atomic E-state index is 12.1. The van der Waals surface area contributed by atoms with Crippen LogP contribution in [0.15, 0.2) is 0 Å². The van der Waals surface area contributed by atoms with Gasteiger partial charge in [-0.3, -0.25) is 9.69 Å². The molecule has 7 heteroatoms. The average molecular weight is 332 g/mol. The average Bonchev–Trinajstić information content (AvgIpc) is 3.01. The maximum atomic E-state index is 12.1. The molecule has 0 unspecified atom stereocenters. The molecule has 0 aliphatic heterocycles. The number of rotatable bonds is 8. The van der Waals surface area contributed by atoms with Crippen LogP contribution in [0.5, 0.6) is 0 Å². The van der Waals surface area contributed by atoms with Crippen molar-refractivity contribution in [1.29, 1.82) is 0 Å². The number of nitrogens with zero attached hydrogens (tertiary/aromatic N) is 1. The smallest absolute Gasteiger partial charge is 0.317 e. The van der Waals surface area contributed by atoms with Crippen molar-refractivity contribution in [3.63, 3.8) is 0 Å². The third-order valence-electron chi connectivity index (χ3n) is 4.13. The Bertz CT molecular complexity index is 502. The standard InChI is InChI=1S/C15H28N2O4S/c1-15(2,3)10-22(20,21)16-12-6-13(7-12)17(9-14(18)19)8-11-4-5-11/h11-13,16H,4-10H2,1-3H3,(H,18,19). The number of hydrogen-bond donors (Lipinski definition) is 2. The molecule has 2 rings (SSSR count). The zero-order valence-electron chi connectivity index (χ0n) is 13.7. The van der Waals surface area contributed by atoms with Gasteiger partial charge in [-0.05, 0) is 37.0 Å². The van der Waals surface area contributed by atoms with Crippen LogP contribution in [0.25, 0.3) is 0 Å². The van der Waals surface area contributed by atoms with Gasteiger partial charge in [-0.1, -0.05) is 20.8 Å². The van der Waals surface area contributed by atoms with E-state index >= 15 is 0 Å². The highest BCUT2D eigenvalue weighted by atomic mass is 32.2. The molecule has 0 spiro atoms. The van der Waals surface area contributed by atoms with E-state index in [1.807, 2.05) is 25.7 Å². The van der Waals surface area contributed by atoms with E-state index in [2.05, 4.69) is 4.72 Å². The largest absolute Gasteiger partial charge is 0.480 e. The summed E-state index contributed by atoms with van der Waals surface area (Å²) >= 11 is 0. The van der Waals surface area contributed by atoms with Gasteiger partial charge in [0.1, 0.15) is 0 Å². The lowest BCUT2D eigenvalue weighted by Crippen LogP contribution is -2.55. The number of sulfonamides is 1. The number of nitrogens with one attached hydrogen (secondary N) is 1. The van der Waals surface area contributed by atoms with E-state index in [-0.39, 0.29) is 29.8 Å². The van der Waals surface area contributed by atoms with E-state index in [4.69, 9.17) is 5.11 Å². The number of hydrogen-bond acceptors (Lipinski definition) is 4. The minimum absolute atomic E-state index is 0.0483. The Balaban J connectivity index is 1.80. The fraction of sp³-hybridized carbons (Fsp3) is 0.933. The van der Waals surface area contributed by atoms with Crippen LogP contribution in [0, 0.1) is 11.3 Å². The van der Waals surface area contributed by atoms with Gasteiger partial charge in [-0.2, -0.15) is 0 Å². The number of aliphatic carboxylic acids is 1. The Morgan fingerprint density at radius 1 is 1.27 bits per heavy atom. The van der Waals surface area contributed by atoms with Crippen molar-refractivity contribution in [2.75, 3.05) is 18.8 Å². The van der Waals surface area contributed by atoms with Gasteiger partial charge in [0.15, 0.2) is 0 Å². The van der Waals surface area contributed by atoms with Gasteiger partial charge in [0.05, 0.1) is 12.3 Å². The van der Waals surface area contributed by atoms with Crippen molar-refractivity contribution in [2.24, 2.45) is 11.3 Å². The first-order valence-electron chi connectivity index (χ1n) is 8.00. The molecule has 0 saturated heterocycles. The Morgan fingerprint density at radius 2 is 1.86 bits per heavy atom.